The fourth-order valence-electron chi connectivity index (χ4n) is 1.29. The maximum absolute atomic E-state index is 10.4. The minimum atomic E-state index is -0.497. The normalized spacial score (nSPS) is 11.4. The van der Waals surface area contributed by atoms with Gasteiger partial charge >= 0.3 is 0 Å². The molecule has 0 spiro atoms. The van der Waals surface area contributed by atoms with Gasteiger partial charge in [0.25, 0.3) is 6.20 Å². The van der Waals surface area contributed by atoms with Gasteiger partial charge in [-0.3, -0.25) is 10.1 Å². The number of likely N-dealkylation sites (N-methyl/N-ethyl adjacent to an activating group) is 1. The van der Waals surface area contributed by atoms with Crippen molar-refractivity contribution in [2.24, 2.45) is 0 Å². The number of allylic oxidation sites excluding steroid dienone is 1. The molecule has 17 heavy (non-hydrogen) atoms. The molecule has 1 N–H and O–H groups in total. The van der Waals surface area contributed by atoms with Gasteiger partial charge in [-0.2, -0.15) is 0 Å². The second-order valence-corrected chi connectivity index (χ2v) is 4.03. The van der Waals surface area contributed by atoms with Gasteiger partial charge in [0.15, 0.2) is 0 Å². The summed E-state index contributed by atoms with van der Waals surface area (Å²) in [5.74, 6) is 0. The highest BCUT2D eigenvalue weighted by Crippen LogP contribution is 2.20. The fourth-order valence-corrected chi connectivity index (χ4v) is 1.58. The van der Waals surface area contributed by atoms with Gasteiger partial charge < -0.3 is 5.32 Å². The number of aromatic nitrogens is 1. The van der Waals surface area contributed by atoms with E-state index in [9.17, 15) is 10.1 Å². The van der Waals surface area contributed by atoms with Crippen LogP contribution < -0.4 is 5.32 Å². The van der Waals surface area contributed by atoms with Gasteiger partial charge in [0.1, 0.15) is 5.15 Å². The van der Waals surface area contributed by atoms with Crippen molar-refractivity contribution in [2.75, 3.05) is 6.54 Å². The summed E-state index contributed by atoms with van der Waals surface area (Å²) in [6.07, 6.45) is 2.84. The lowest BCUT2D eigenvalue weighted by Gasteiger charge is -2.06. The van der Waals surface area contributed by atoms with Crippen molar-refractivity contribution in [1.29, 1.82) is 0 Å². The average molecular weight is 276 g/mol. The lowest BCUT2D eigenvalue weighted by Crippen LogP contribution is -2.15. The summed E-state index contributed by atoms with van der Waals surface area (Å²) in [5.41, 5.74) is 1.26. The molecule has 0 saturated carbocycles. The van der Waals surface area contributed by atoms with E-state index < -0.39 is 4.92 Å². The minimum absolute atomic E-state index is 0.221. The van der Waals surface area contributed by atoms with Gasteiger partial charge in [0.2, 0.25) is 0 Å². The molecule has 0 amide bonds. The lowest BCUT2D eigenvalue weighted by molar-refractivity contribution is -0.403. The van der Waals surface area contributed by atoms with E-state index in [0.717, 1.165) is 11.8 Å². The van der Waals surface area contributed by atoms with E-state index in [1.807, 2.05) is 6.92 Å². The first-order valence-electron chi connectivity index (χ1n) is 4.91. The number of hydrogen-bond donors (Lipinski definition) is 1. The second-order valence-electron chi connectivity index (χ2n) is 3.26. The maximum atomic E-state index is 10.4. The standard InChI is InChI=1S/C10H11Cl2N3O2/c1-2-13-8(6-15(16)17)3-7-4-9(11)10(12)14-5-7/h4-6,13H,2-3H2,1H3/b8-6-. The van der Waals surface area contributed by atoms with Crippen LogP contribution in [0.1, 0.15) is 12.5 Å². The van der Waals surface area contributed by atoms with Crippen LogP contribution in [0.3, 0.4) is 0 Å². The highest BCUT2D eigenvalue weighted by atomic mass is 35.5. The SMILES string of the molecule is CCN/C(=C\[N+](=O)[O-])Cc1cnc(Cl)c(Cl)c1. The Morgan fingerprint density at radius 3 is 2.88 bits per heavy atom. The van der Waals surface area contributed by atoms with Gasteiger partial charge in [-0.05, 0) is 18.6 Å². The van der Waals surface area contributed by atoms with Crippen molar-refractivity contribution in [2.45, 2.75) is 13.3 Å². The summed E-state index contributed by atoms with van der Waals surface area (Å²) in [6, 6.07) is 1.64. The van der Waals surface area contributed by atoms with Crippen LogP contribution in [-0.4, -0.2) is 16.5 Å². The molecule has 0 aliphatic heterocycles. The summed E-state index contributed by atoms with van der Waals surface area (Å²) >= 11 is 11.5. The van der Waals surface area contributed by atoms with Crippen LogP contribution in [0.4, 0.5) is 0 Å². The van der Waals surface area contributed by atoms with Crippen LogP contribution in [0.2, 0.25) is 10.2 Å². The zero-order chi connectivity index (χ0) is 12.8. The second kappa shape index (κ2) is 6.42. The Morgan fingerprint density at radius 1 is 1.65 bits per heavy atom. The fraction of sp³-hybridized carbons (Fsp3) is 0.300. The number of hydrogen-bond acceptors (Lipinski definition) is 4. The highest BCUT2D eigenvalue weighted by Gasteiger charge is 2.06. The van der Waals surface area contributed by atoms with Gasteiger partial charge in [-0.15, -0.1) is 0 Å². The molecule has 1 aromatic heterocycles. The summed E-state index contributed by atoms with van der Waals surface area (Å²) in [4.78, 5) is 13.8. The number of pyridine rings is 1. The maximum Gasteiger partial charge on any atom is 0.253 e. The van der Waals surface area contributed by atoms with Crippen molar-refractivity contribution in [3.05, 3.63) is 50.0 Å². The number of nitro groups is 1. The first-order chi connectivity index (χ1) is 8.02. The Kier molecular flexibility index (Phi) is 5.18. The Balaban J connectivity index is 2.86. The largest absolute Gasteiger partial charge is 0.383 e. The third-order valence-electron chi connectivity index (χ3n) is 1.91. The molecule has 0 aromatic carbocycles. The Bertz CT molecular complexity index is 449. The molecule has 1 rings (SSSR count). The molecule has 1 heterocycles. The summed E-state index contributed by atoms with van der Waals surface area (Å²) in [7, 11) is 0. The van der Waals surface area contributed by atoms with Crippen LogP contribution in [0, 0.1) is 10.1 Å². The Hall–Kier alpha value is -1.33. The molecule has 0 saturated heterocycles. The first kappa shape index (κ1) is 13.7. The van der Waals surface area contributed by atoms with Crippen LogP contribution in [0.5, 0.6) is 0 Å². The summed E-state index contributed by atoms with van der Waals surface area (Å²) in [5, 5.41) is 13.9. The van der Waals surface area contributed by atoms with Crippen molar-refractivity contribution >= 4 is 23.2 Å². The van der Waals surface area contributed by atoms with Gasteiger partial charge in [0, 0.05) is 19.2 Å². The lowest BCUT2D eigenvalue weighted by atomic mass is 10.1. The van der Waals surface area contributed by atoms with Crippen molar-refractivity contribution < 1.29 is 4.92 Å². The predicted molar refractivity (Wildman–Crippen MR) is 66.7 cm³/mol. The molecule has 0 aliphatic rings. The average Bonchev–Trinajstić information content (AvgIpc) is 2.23. The van der Waals surface area contributed by atoms with Crippen LogP contribution in [-0.2, 0) is 6.42 Å². The number of nitrogens with one attached hydrogen (secondary N) is 1. The predicted octanol–water partition coefficient (Wildman–Crippen LogP) is 2.66. The molecule has 92 valence electrons. The Morgan fingerprint density at radius 2 is 2.35 bits per heavy atom. The van der Waals surface area contributed by atoms with Gasteiger partial charge in [-0.25, -0.2) is 4.98 Å². The van der Waals surface area contributed by atoms with E-state index >= 15 is 0 Å². The van der Waals surface area contributed by atoms with Crippen LogP contribution >= 0.6 is 23.2 Å². The Labute approximate surface area is 109 Å². The first-order valence-corrected chi connectivity index (χ1v) is 5.66. The molecule has 7 heteroatoms. The summed E-state index contributed by atoms with van der Waals surface area (Å²) in [6.45, 7) is 2.47. The molecule has 0 atom stereocenters. The van der Waals surface area contributed by atoms with Crippen LogP contribution in [0.25, 0.3) is 0 Å². The molecule has 5 nitrogen and oxygen atoms in total. The van der Waals surface area contributed by atoms with E-state index in [1.165, 1.54) is 0 Å². The molecule has 0 aliphatic carbocycles. The zero-order valence-electron chi connectivity index (χ0n) is 9.11. The zero-order valence-corrected chi connectivity index (χ0v) is 10.6. The van der Waals surface area contributed by atoms with E-state index in [0.29, 0.717) is 23.7 Å². The van der Waals surface area contributed by atoms with Crippen molar-refractivity contribution in [3.63, 3.8) is 0 Å². The van der Waals surface area contributed by atoms with Crippen molar-refractivity contribution in [3.8, 4) is 0 Å². The number of nitrogens with zero attached hydrogens (tertiary/aromatic N) is 2. The van der Waals surface area contributed by atoms with E-state index in [-0.39, 0.29) is 5.15 Å². The van der Waals surface area contributed by atoms with Crippen LogP contribution in [0.15, 0.2) is 24.2 Å². The monoisotopic (exact) mass is 275 g/mol. The van der Waals surface area contributed by atoms with Gasteiger partial charge in [-0.1, -0.05) is 23.2 Å². The molecule has 0 bridgehead atoms. The van der Waals surface area contributed by atoms with Gasteiger partial charge in [0.05, 0.1) is 15.6 Å². The third kappa shape index (κ3) is 4.58. The number of halogens is 2. The summed E-state index contributed by atoms with van der Waals surface area (Å²) < 4.78 is 0. The van der Waals surface area contributed by atoms with E-state index in [4.69, 9.17) is 23.2 Å². The molecule has 0 fully saturated rings. The molecule has 0 radical (unpaired) electrons. The van der Waals surface area contributed by atoms with E-state index in [1.54, 1.807) is 12.3 Å². The topological polar surface area (TPSA) is 68.1 Å². The molecular weight excluding hydrogens is 265 g/mol. The number of rotatable bonds is 5. The molecule has 0 unspecified atom stereocenters. The quantitative estimate of drug-likeness (QED) is 0.510. The van der Waals surface area contributed by atoms with Crippen molar-refractivity contribution in [1.82, 2.24) is 10.3 Å². The molecule has 1 aromatic rings. The highest BCUT2D eigenvalue weighted by molar-refractivity contribution is 6.41. The third-order valence-corrected chi connectivity index (χ3v) is 2.60. The molecular formula is C10H11Cl2N3O2. The van der Waals surface area contributed by atoms with E-state index in [2.05, 4.69) is 10.3 Å². The smallest absolute Gasteiger partial charge is 0.253 e. The minimum Gasteiger partial charge on any atom is -0.383 e.